The third-order valence-corrected chi connectivity index (χ3v) is 5.64. The molecule has 2 aromatic heterocycles. The summed E-state index contributed by atoms with van der Waals surface area (Å²) in [6, 6.07) is 6.88. The van der Waals surface area contributed by atoms with E-state index in [2.05, 4.69) is 5.10 Å². The van der Waals surface area contributed by atoms with Crippen LogP contribution in [0.1, 0.15) is 38.8 Å². The van der Waals surface area contributed by atoms with Crippen LogP contribution in [0.4, 0.5) is 5.69 Å². The molecule has 8 nitrogen and oxygen atoms in total. The van der Waals surface area contributed by atoms with Gasteiger partial charge in [0.05, 0.1) is 23.0 Å². The molecule has 5 N–H and O–H groups in total. The minimum Gasteiger partial charge on any atom is -0.397 e. The molecule has 3 heterocycles. The van der Waals surface area contributed by atoms with Crippen LogP contribution in [-0.4, -0.2) is 49.3 Å². The van der Waals surface area contributed by atoms with Crippen LogP contribution >= 0.6 is 0 Å². The van der Waals surface area contributed by atoms with Gasteiger partial charge in [-0.05, 0) is 30.5 Å². The number of aliphatic hydroxyl groups is 3. The fraction of sp³-hybridized carbons (Fsp3) is 0.579. The molecular weight excluding hydrogens is 348 g/mol. The molecule has 5 atom stereocenters. The monoisotopic (exact) mass is 374 g/mol. The van der Waals surface area contributed by atoms with E-state index in [-0.39, 0.29) is 11.6 Å². The van der Waals surface area contributed by atoms with Crippen LogP contribution in [0.25, 0.3) is 5.52 Å². The molecule has 0 aliphatic carbocycles. The largest absolute Gasteiger partial charge is 0.397 e. The maximum absolute atomic E-state index is 10.7. The molecule has 0 radical (unpaired) electrons. The zero-order chi connectivity index (χ0) is 19.8. The Hall–Kier alpha value is -2.18. The van der Waals surface area contributed by atoms with E-state index < -0.39 is 30.0 Å². The molecule has 3 rings (SSSR count). The van der Waals surface area contributed by atoms with Crippen molar-refractivity contribution >= 4 is 11.2 Å². The van der Waals surface area contributed by atoms with Gasteiger partial charge in [0.25, 0.3) is 0 Å². The summed E-state index contributed by atoms with van der Waals surface area (Å²) in [5.74, 6) is 0.264. The minimum absolute atomic E-state index is 0.260. The molecule has 2 aromatic rings. The summed E-state index contributed by atoms with van der Waals surface area (Å²) in [5.41, 5.74) is 5.37. The predicted molar refractivity (Wildman–Crippen MR) is 98.5 cm³/mol. The van der Waals surface area contributed by atoms with Crippen LogP contribution in [0.5, 0.6) is 0 Å². The molecule has 0 unspecified atom stereocenters. The lowest BCUT2D eigenvalue weighted by atomic mass is 9.89. The summed E-state index contributed by atoms with van der Waals surface area (Å²) in [7, 11) is 0. The van der Waals surface area contributed by atoms with E-state index in [0.717, 1.165) is 12.8 Å². The summed E-state index contributed by atoms with van der Waals surface area (Å²) in [5, 5.41) is 45.9. The Morgan fingerprint density at radius 2 is 2.04 bits per heavy atom. The topological polar surface area (TPSA) is 137 Å². The Labute approximate surface area is 157 Å². The highest BCUT2D eigenvalue weighted by Crippen LogP contribution is 2.42. The first kappa shape index (κ1) is 19.6. The predicted octanol–water partition coefficient (Wildman–Crippen LogP) is 0.943. The first-order valence-corrected chi connectivity index (χ1v) is 9.25. The number of hydrogen-bond acceptors (Lipinski definition) is 7. The molecule has 0 amide bonds. The molecule has 27 heavy (non-hydrogen) atoms. The van der Waals surface area contributed by atoms with Crippen LogP contribution in [0.15, 0.2) is 24.4 Å². The molecule has 8 heteroatoms. The van der Waals surface area contributed by atoms with E-state index >= 15 is 0 Å². The molecule has 1 aliphatic rings. The third kappa shape index (κ3) is 3.07. The molecule has 0 spiro atoms. The number of nitrogens with two attached hydrogens (primary N) is 1. The second-order valence-electron chi connectivity index (χ2n) is 7.15. The van der Waals surface area contributed by atoms with Crippen molar-refractivity contribution in [3.63, 3.8) is 0 Å². The van der Waals surface area contributed by atoms with Crippen LogP contribution in [0.2, 0.25) is 0 Å². The van der Waals surface area contributed by atoms with E-state index in [1.807, 2.05) is 19.9 Å². The number of hydrogen-bond donors (Lipinski definition) is 4. The Morgan fingerprint density at radius 3 is 2.67 bits per heavy atom. The maximum Gasteiger partial charge on any atom is 0.225 e. The van der Waals surface area contributed by atoms with Gasteiger partial charge >= 0.3 is 0 Å². The second-order valence-corrected chi connectivity index (χ2v) is 7.15. The van der Waals surface area contributed by atoms with Gasteiger partial charge in [0.1, 0.15) is 24.4 Å². The summed E-state index contributed by atoms with van der Waals surface area (Å²) in [6.45, 7) is 4.06. The zero-order valence-electron chi connectivity index (χ0n) is 15.5. The van der Waals surface area contributed by atoms with Gasteiger partial charge in [-0.2, -0.15) is 10.4 Å². The van der Waals surface area contributed by atoms with Crippen molar-refractivity contribution in [2.75, 3.05) is 5.73 Å². The average Bonchev–Trinajstić information content (AvgIpc) is 3.22. The van der Waals surface area contributed by atoms with Gasteiger partial charge in [-0.3, -0.25) is 0 Å². The number of rotatable bonds is 6. The zero-order valence-corrected chi connectivity index (χ0v) is 15.5. The second kappa shape index (κ2) is 7.44. The van der Waals surface area contributed by atoms with E-state index in [1.54, 1.807) is 18.2 Å². The minimum atomic E-state index is -1.85. The third-order valence-electron chi connectivity index (χ3n) is 5.64. The highest BCUT2D eigenvalue weighted by molar-refractivity contribution is 5.69. The Kier molecular flexibility index (Phi) is 5.40. The number of nitriles is 1. The van der Waals surface area contributed by atoms with Gasteiger partial charge in [-0.15, -0.1) is 0 Å². The van der Waals surface area contributed by atoms with E-state index in [0.29, 0.717) is 17.6 Å². The molecule has 1 aliphatic heterocycles. The Bertz CT molecular complexity index is 844. The molecule has 1 saturated heterocycles. The average molecular weight is 374 g/mol. The van der Waals surface area contributed by atoms with Crippen molar-refractivity contribution in [3.8, 4) is 6.07 Å². The number of fused-ring (bicyclic) bond motifs is 1. The van der Waals surface area contributed by atoms with Crippen molar-refractivity contribution in [2.45, 2.75) is 63.1 Å². The van der Waals surface area contributed by atoms with Gasteiger partial charge in [0, 0.05) is 6.20 Å². The first-order chi connectivity index (χ1) is 12.9. The fourth-order valence-electron chi connectivity index (χ4n) is 3.86. The van der Waals surface area contributed by atoms with Crippen LogP contribution in [0.3, 0.4) is 0 Å². The van der Waals surface area contributed by atoms with E-state index in [1.165, 1.54) is 10.7 Å². The van der Waals surface area contributed by atoms with Crippen molar-refractivity contribution in [1.82, 2.24) is 9.61 Å². The summed E-state index contributed by atoms with van der Waals surface area (Å²) in [4.78, 5) is 0. The van der Waals surface area contributed by atoms with Crippen LogP contribution in [0, 0.1) is 17.2 Å². The smallest absolute Gasteiger partial charge is 0.225 e. The first-order valence-electron chi connectivity index (χ1n) is 9.25. The van der Waals surface area contributed by atoms with Gasteiger partial charge in [0.2, 0.25) is 5.60 Å². The number of ether oxygens (including phenoxy) is 1. The fourth-order valence-corrected chi connectivity index (χ4v) is 3.86. The van der Waals surface area contributed by atoms with Gasteiger partial charge in [-0.1, -0.05) is 26.7 Å². The highest BCUT2D eigenvalue weighted by atomic mass is 16.6. The van der Waals surface area contributed by atoms with Gasteiger partial charge < -0.3 is 25.8 Å². The lowest BCUT2D eigenvalue weighted by Gasteiger charge is -2.26. The number of aliphatic hydroxyl groups excluding tert-OH is 3. The molecule has 0 saturated carbocycles. The summed E-state index contributed by atoms with van der Waals surface area (Å²) >= 11 is 0. The number of aromatic nitrogens is 2. The lowest BCUT2D eigenvalue weighted by molar-refractivity contribution is -0.0980. The van der Waals surface area contributed by atoms with Gasteiger partial charge in [-0.25, -0.2) is 4.52 Å². The highest BCUT2D eigenvalue weighted by Gasteiger charge is 2.59. The van der Waals surface area contributed by atoms with Gasteiger partial charge in [0.15, 0.2) is 0 Å². The van der Waals surface area contributed by atoms with E-state index in [4.69, 9.17) is 10.5 Å². The molecule has 0 aromatic carbocycles. The van der Waals surface area contributed by atoms with Crippen LogP contribution < -0.4 is 5.73 Å². The Balaban J connectivity index is 1.98. The quantitative estimate of drug-likeness (QED) is 0.590. The summed E-state index contributed by atoms with van der Waals surface area (Å²) < 4.78 is 7.27. The maximum atomic E-state index is 10.7. The number of nitrogens with zero attached hydrogens (tertiary/aromatic N) is 3. The molecule has 1 fully saturated rings. The van der Waals surface area contributed by atoms with E-state index in [9.17, 15) is 20.6 Å². The lowest BCUT2D eigenvalue weighted by Crippen LogP contribution is -2.41. The number of nitrogen functional groups attached to an aromatic ring is 1. The normalized spacial score (nSPS) is 29.3. The van der Waals surface area contributed by atoms with Crippen LogP contribution in [-0.2, 0) is 10.3 Å². The van der Waals surface area contributed by atoms with Crippen molar-refractivity contribution < 1.29 is 20.1 Å². The SMILES string of the molecule is CCC(CC)C[C@H](O)[C@H]1O[C@@](C#N)(c2ccc3c(N)ccnn23)[C@H](O)[C@@H]1O. The van der Waals surface area contributed by atoms with Crippen molar-refractivity contribution in [2.24, 2.45) is 5.92 Å². The standard InChI is InChI=1S/C19H26N4O4/c1-3-11(4-2)9-14(24)17-16(25)18(26)19(10-20,27-17)15-6-5-13-12(21)7-8-22-23(13)15/h5-8,11,14,16-18,24-26H,3-4,9,21H2,1-2H3/t14-,16+,17+,18+,19-/m0/s1. The molecular formula is C19H26N4O4. The van der Waals surface area contributed by atoms with Crippen molar-refractivity contribution in [3.05, 3.63) is 30.1 Å². The van der Waals surface area contributed by atoms with Crippen molar-refractivity contribution in [1.29, 1.82) is 5.26 Å². The number of anilines is 1. The molecule has 146 valence electrons. The summed E-state index contributed by atoms with van der Waals surface area (Å²) in [6.07, 6.45) is -1.35. The Morgan fingerprint density at radius 1 is 1.33 bits per heavy atom. The molecule has 0 bridgehead atoms.